The molecule has 0 radical (unpaired) electrons. The van der Waals surface area contributed by atoms with Gasteiger partial charge in [0.1, 0.15) is 18.1 Å². The van der Waals surface area contributed by atoms with Crippen molar-refractivity contribution in [3.63, 3.8) is 0 Å². The first-order valence-corrected chi connectivity index (χ1v) is 9.14. The van der Waals surface area contributed by atoms with Crippen molar-refractivity contribution >= 4 is 35.1 Å². The van der Waals surface area contributed by atoms with Gasteiger partial charge in [-0.25, -0.2) is 4.39 Å². The number of rotatable bonds is 8. The largest absolute Gasteiger partial charge is 0.494 e. The second kappa shape index (κ2) is 10.4. The molecule has 0 aliphatic carbocycles. The number of benzene rings is 2. The van der Waals surface area contributed by atoms with Gasteiger partial charge in [0.2, 0.25) is 0 Å². The number of carbonyl (C=O) groups is 3. The summed E-state index contributed by atoms with van der Waals surface area (Å²) in [6.45, 7) is 3.25. The topological polar surface area (TPSA) is 93.7 Å². The molecule has 2 aromatic rings. The van der Waals surface area contributed by atoms with Crippen LogP contribution in [0.15, 0.2) is 42.5 Å². The Bertz CT molecular complexity index is 889. The van der Waals surface area contributed by atoms with Crippen LogP contribution in [0.2, 0.25) is 5.02 Å². The van der Waals surface area contributed by atoms with Gasteiger partial charge in [-0.1, -0.05) is 11.6 Å². The number of esters is 1. The monoisotopic (exact) mass is 422 g/mol. The van der Waals surface area contributed by atoms with E-state index in [1.165, 1.54) is 19.1 Å². The van der Waals surface area contributed by atoms with Crippen LogP contribution in [0.5, 0.6) is 5.75 Å². The van der Waals surface area contributed by atoms with Crippen molar-refractivity contribution in [3.8, 4) is 5.75 Å². The Labute approximate surface area is 172 Å². The minimum Gasteiger partial charge on any atom is -0.494 e. The van der Waals surface area contributed by atoms with Crippen molar-refractivity contribution in [1.29, 1.82) is 0 Å². The highest BCUT2D eigenvalue weighted by atomic mass is 35.5. The summed E-state index contributed by atoms with van der Waals surface area (Å²) >= 11 is 5.65. The fourth-order valence-corrected chi connectivity index (χ4v) is 2.40. The first-order valence-electron chi connectivity index (χ1n) is 8.76. The highest BCUT2D eigenvalue weighted by Crippen LogP contribution is 2.19. The maximum Gasteiger partial charge on any atom is 0.326 e. The zero-order chi connectivity index (χ0) is 21.4. The lowest BCUT2D eigenvalue weighted by atomic mass is 10.2. The van der Waals surface area contributed by atoms with Gasteiger partial charge in [-0.3, -0.25) is 14.4 Å². The summed E-state index contributed by atoms with van der Waals surface area (Å²) in [5, 5.41) is 4.88. The molecule has 29 heavy (non-hydrogen) atoms. The molecule has 9 heteroatoms. The van der Waals surface area contributed by atoms with Gasteiger partial charge in [-0.05, 0) is 56.3 Å². The van der Waals surface area contributed by atoms with Crippen molar-refractivity contribution in [2.75, 3.05) is 18.5 Å². The van der Waals surface area contributed by atoms with Crippen LogP contribution in [0, 0.1) is 5.82 Å². The predicted octanol–water partition coefficient (Wildman–Crippen LogP) is 3.18. The van der Waals surface area contributed by atoms with Gasteiger partial charge >= 0.3 is 5.97 Å². The molecule has 0 bridgehead atoms. The molecular weight excluding hydrogens is 403 g/mol. The standard InChI is InChI=1S/C20H20ClFN2O5/c1-3-28-15-7-4-13(5-8-15)20(27)23-11-18(25)29-12(2)19(26)24-17-9-6-14(21)10-16(17)22/h4-10,12H,3,11H2,1-2H3,(H,23,27)(H,24,26). The summed E-state index contributed by atoms with van der Waals surface area (Å²) in [6, 6.07) is 10.1. The number of anilines is 1. The van der Waals surface area contributed by atoms with Gasteiger partial charge in [0.25, 0.3) is 11.8 Å². The summed E-state index contributed by atoms with van der Waals surface area (Å²) in [5.74, 6) is -2.11. The van der Waals surface area contributed by atoms with E-state index in [2.05, 4.69) is 10.6 Å². The number of amides is 2. The zero-order valence-electron chi connectivity index (χ0n) is 15.8. The predicted molar refractivity (Wildman–Crippen MR) is 106 cm³/mol. The van der Waals surface area contributed by atoms with Crippen LogP contribution >= 0.6 is 11.6 Å². The fourth-order valence-electron chi connectivity index (χ4n) is 2.24. The van der Waals surface area contributed by atoms with Gasteiger partial charge < -0.3 is 20.1 Å². The summed E-state index contributed by atoms with van der Waals surface area (Å²) in [4.78, 5) is 36.0. The van der Waals surface area contributed by atoms with Crippen LogP contribution in [-0.2, 0) is 14.3 Å². The first kappa shape index (κ1) is 22.2. The van der Waals surface area contributed by atoms with E-state index in [1.807, 2.05) is 6.92 Å². The Morgan fingerprint density at radius 3 is 2.45 bits per heavy atom. The van der Waals surface area contributed by atoms with E-state index < -0.39 is 36.2 Å². The van der Waals surface area contributed by atoms with Crippen LogP contribution < -0.4 is 15.4 Å². The quantitative estimate of drug-likeness (QED) is 0.637. The van der Waals surface area contributed by atoms with E-state index in [-0.39, 0.29) is 10.7 Å². The van der Waals surface area contributed by atoms with Crippen molar-refractivity contribution in [2.24, 2.45) is 0 Å². The molecule has 154 valence electrons. The third kappa shape index (κ3) is 6.76. The molecule has 2 rings (SSSR count). The highest BCUT2D eigenvalue weighted by Gasteiger charge is 2.19. The molecule has 0 aliphatic heterocycles. The Morgan fingerprint density at radius 2 is 1.83 bits per heavy atom. The maximum absolute atomic E-state index is 13.7. The number of hydrogen-bond donors (Lipinski definition) is 2. The third-order valence-electron chi connectivity index (χ3n) is 3.69. The molecule has 0 saturated carbocycles. The minimum atomic E-state index is -1.19. The molecule has 0 heterocycles. The van der Waals surface area contributed by atoms with Crippen LogP contribution in [0.1, 0.15) is 24.2 Å². The molecule has 0 aromatic heterocycles. The summed E-state index contributed by atoms with van der Waals surface area (Å²) in [6.07, 6.45) is -1.19. The zero-order valence-corrected chi connectivity index (χ0v) is 16.6. The van der Waals surface area contributed by atoms with Gasteiger partial charge in [0.05, 0.1) is 12.3 Å². The van der Waals surface area contributed by atoms with Gasteiger partial charge in [0, 0.05) is 10.6 Å². The summed E-state index contributed by atoms with van der Waals surface area (Å²) in [5.41, 5.74) is 0.247. The van der Waals surface area contributed by atoms with E-state index in [4.69, 9.17) is 21.1 Å². The van der Waals surface area contributed by atoms with Crippen LogP contribution in [0.4, 0.5) is 10.1 Å². The van der Waals surface area contributed by atoms with Crippen molar-refractivity contribution < 1.29 is 28.2 Å². The van der Waals surface area contributed by atoms with Crippen molar-refractivity contribution in [2.45, 2.75) is 20.0 Å². The molecule has 2 N–H and O–H groups in total. The van der Waals surface area contributed by atoms with Crippen LogP contribution in [0.25, 0.3) is 0 Å². The average molecular weight is 423 g/mol. The molecule has 7 nitrogen and oxygen atoms in total. The number of ether oxygens (including phenoxy) is 2. The van der Waals surface area contributed by atoms with Crippen LogP contribution in [0.3, 0.4) is 0 Å². The molecule has 0 aliphatic rings. The van der Waals surface area contributed by atoms with Gasteiger partial charge in [-0.15, -0.1) is 0 Å². The van der Waals surface area contributed by atoms with Gasteiger partial charge in [-0.2, -0.15) is 0 Å². The molecule has 0 spiro atoms. The third-order valence-corrected chi connectivity index (χ3v) is 3.92. The Balaban J connectivity index is 1.81. The normalized spacial score (nSPS) is 11.3. The number of halogens is 2. The second-order valence-corrected chi connectivity index (χ2v) is 6.32. The Morgan fingerprint density at radius 1 is 1.14 bits per heavy atom. The molecule has 2 amide bonds. The molecule has 2 aromatic carbocycles. The van der Waals surface area contributed by atoms with Crippen LogP contribution in [-0.4, -0.2) is 37.0 Å². The molecule has 1 atom stereocenters. The highest BCUT2D eigenvalue weighted by molar-refractivity contribution is 6.30. The molecule has 0 saturated heterocycles. The first-order chi connectivity index (χ1) is 13.8. The SMILES string of the molecule is CCOc1ccc(C(=O)NCC(=O)OC(C)C(=O)Nc2ccc(Cl)cc2F)cc1. The lowest BCUT2D eigenvalue weighted by Crippen LogP contribution is -2.36. The Kier molecular flexibility index (Phi) is 7.97. The minimum absolute atomic E-state index is 0.0916. The molecular formula is C20H20ClFN2O5. The molecule has 0 fully saturated rings. The fraction of sp³-hybridized carbons (Fsp3) is 0.250. The van der Waals surface area contributed by atoms with Gasteiger partial charge in [0.15, 0.2) is 6.10 Å². The van der Waals surface area contributed by atoms with E-state index in [0.29, 0.717) is 17.9 Å². The maximum atomic E-state index is 13.7. The van der Waals surface area contributed by atoms with Crippen molar-refractivity contribution in [1.82, 2.24) is 5.32 Å². The number of nitrogens with one attached hydrogen (secondary N) is 2. The smallest absolute Gasteiger partial charge is 0.326 e. The lowest BCUT2D eigenvalue weighted by molar-refractivity contribution is -0.152. The lowest BCUT2D eigenvalue weighted by Gasteiger charge is -2.14. The average Bonchev–Trinajstić information content (AvgIpc) is 2.69. The Hall–Kier alpha value is -3.13. The number of carbonyl (C=O) groups excluding carboxylic acids is 3. The van der Waals surface area contributed by atoms with E-state index in [0.717, 1.165) is 6.07 Å². The summed E-state index contributed by atoms with van der Waals surface area (Å²) in [7, 11) is 0. The second-order valence-electron chi connectivity index (χ2n) is 5.89. The number of hydrogen-bond acceptors (Lipinski definition) is 5. The van der Waals surface area contributed by atoms with E-state index in [1.54, 1.807) is 24.3 Å². The molecule has 1 unspecified atom stereocenters. The van der Waals surface area contributed by atoms with Crippen molar-refractivity contribution in [3.05, 3.63) is 58.9 Å². The van der Waals surface area contributed by atoms with E-state index in [9.17, 15) is 18.8 Å². The van der Waals surface area contributed by atoms with E-state index >= 15 is 0 Å². The summed E-state index contributed by atoms with van der Waals surface area (Å²) < 4.78 is 24.0.